The molecule has 5 rings (SSSR count). The second-order valence-corrected chi connectivity index (χ2v) is 9.48. The number of nitrogens with zero attached hydrogens (tertiary/aromatic N) is 3. The van der Waals surface area contributed by atoms with Gasteiger partial charge in [-0.05, 0) is 41.3 Å². The largest absolute Gasteiger partial charge is 0.461 e. The zero-order chi connectivity index (χ0) is 24.9. The number of ether oxygens (including phenoxy) is 1. The van der Waals surface area contributed by atoms with E-state index in [0.29, 0.717) is 6.61 Å². The van der Waals surface area contributed by atoms with Gasteiger partial charge in [-0.15, -0.1) is 0 Å². The van der Waals surface area contributed by atoms with E-state index in [4.69, 9.17) is 9.73 Å². The van der Waals surface area contributed by atoms with Crippen molar-refractivity contribution in [2.24, 2.45) is 4.99 Å². The third-order valence-corrected chi connectivity index (χ3v) is 7.07. The van der Waals surface area contributed by atoms with Crippen molar-refractivity contribution in [2.45, 2.75) is 32.8 Å². The monoisotopic (exact) mass is 479 g/mol. The topological polar surface area (TPSA) is 45.1 Å². The summed E-state index contributed by atoms with van der Waals surface area (Å²) in [5.41, 5.74) is 7.08. The fourth-order valence-electron chi connectivity index (χ4n) is 5.29. The molecular formula is C31H33N3O2. The van der Waals surface area contributed by atoms with Crippen molar-refractivity contribution in [3.8, 4) is 0 Å². The van der Waals surface area contributed by atoms with Gasteiger partial charge in [0.25, 0.3) is 0 Å². The van der Waals surface area contributed by atoms with Crippen LogP contribution in [0.25, 0.3) is 5.57 Å². The predicted octanol–water partition coefficient (Wildman–Crippen LogP) is 5.89. The Balaban J connectivity index is 1.42. The molecule has 1 saturated heterocycles. The summed E-state index contributed by atoms with van der Waals surface area (Å²) >= 11 is 0. The molecule has 0 aromatic heterocycles. The number of esters is 1. The van der Waals surface area contributed by atoms with Gasteiger partial charge in [-0.2, -0.15) is 0 Å². The Hall–Kier alpha value is -3.86. The van der Waals surface area contributed by atoms with Crippen molar-refractivity contribution in [1.29, 1.82) is 0 Å². The zero-order valence-corrected chi connectivity index (χ0v) is 21.1. The first-order chi connectivity index (χ1) is 17.6. The van der Waals surface area contributed by atoms with Crippen LogP contribution in [0.4, 0.5) is 5.69 Å². The minimum absolute atomic E-state index is 0.185. The average molecular weight is 480 g/mol. The van der Waals surface area contributed by atoms with E-state index >= 15 is 0 Å². The molecule has 5 heteroatoms. The molecule has 0 spiro atoms. The highest BCUT2D eigenvalue weighted by molar-refractivity contribution is 5.92. The van der Waals surface area contributed by atoms with E-state index in [9.17, 15) is 4.79 Å². The van der Waals surface area contributed by atoms with Crippen LogP contribution in [-0.4, -0.2) is 42.9 Å². The first-order valence-corrected chi connectivity index (χ1v) is 12.7. The lowest BCUT2D eigenvalue weighted by Gasteiger charge is -2.40. The van der Waals surface area contributed by atoms with Crippen molar-refractivity contribution < 1.29 is 9.53 Å². The van der Waals surface area contributed by atoms with Crippen molar-refractivity contribution >= 4 is 23.1 Å². The first-order valence-electron chi connectivity index (χ1n) is 12.7. The molecule has 1 atom stereocenters. The number of allylic oxidation sites excluding steroid dienone is 2. The number of rotatable bonds is 5. The molecular weight excluding hydrogens is 446 g/mol. The van der Waals surface area contributed by atoms with Crippen LogP contribution in [0.3, 0.4) is 0 Å². The zero-order valence-electron chi connectivity index (χ0n) is 21.1. The van der Waals surface area contributed by atoms with E-state index in [0.717, 1.165) is 49.7 Å². The molecule has 2 aliphatic heterocycles. The summed E-state index contributed by atoms with van der Waals surface area (Å²) in [5, 5.41) is 0. The normalized spacial score (nSPS) is 18.2. The molecule has 2 aliphatic rings. The highest BCUT2D eigenvalue weighted by atomic mass is 16.5. The number of aliphatic imine (C=N–C) groups is 1. The van der Waals surface area contributed by atoms with Gasteiger partial charge in [-0.3, -0.25) is 4.79 Å². The summed E-state index contributed by atoms with van der Waals surface area (Å²) in [6, 6.07) is 29.7. The van der Waals surface area contributed by atoms with Crippen molar-refractivity contribution in [1.82, 2.24) is 4.90 Å². The fourth-order valence-corrected chi connectivity index (χ4v) is 5.29. The number of para-hydroxylation sites is 1. The lowest BCUT2D eigenvalue weighted by Crippen LogP contribution is -2.49. The molecule has 0 bridgehead atoms. The van der Waals surface area contributed by atoms with E-state index in [1.165, 1.54) is 29.3 Å². The number of carbonyl (C=O) groups excluding carboxylic acids is 1. The fraction of sp³-hybridized carbons (Fsp3) is 0.290. The number of piperazine rings is 1. The lowest BCUT2D eigenvalue weighted by atomic mass is 9.81. The van der Waals surface area contributed by atoms with Crippen LogP contribution in [0.5, 0.6) is 0 Å². The van der Waals surface area contributed by atoms with E-state index in [1.807, 2.05) is 6.07 Å². The molecule has 0 saturated carbocycles. The maximum Gasteiger partial charge on any atom is 0.302 e. The maximum absolute atomic E-state index is 11.4. The maximum atomic E-state index is 11.4. The van der Waals surface area contributed by atoms with Gasteiger partial charge in [0, 0.05) is 56.8 Å². The van der Waals surface area contributed by atoms with Crippen LogP contribution in [-0.2, 0) is 16.1 Å². The molecule has 0 N–H and O–H groups in total. The summed E-state index contributed by atoms with van der Waals surface area (Å²) < 4.78 is 5.28. The standard InChI is InChI=1S/C31H33N3O2/c1-23-31(26-11-5-3-6-12-26)29(27-13-9-10-25(20-27)22-36-24(2)35)21-30(32-23)34-18-16-33(17-19-34)28-14-7-4-8-15-28/h3-15,20,29H,16-19,21-22H2,1-2H3. The Morgan fingerprint density at radius 1 is 0.889 bits per heavy atom. The SMILES string of the molecule is CC(=O)OCc1cccc(C2CC(N3CCN(c4ccccc4)CC3)=NC(C)=C2c2ccccc2)c1. The molecule has 2 heterocycles. The number of anilines is 1. The minimum atomic E-state index is -0.261. The molecule has 1 fully saturated rings. The Morgan fingerprint density at radius 3 is 2.25 bits per heavy atom. The Bertz CT molecular complexity index is 1260. The molecule has 3 aromatic carbocycles. The van der Waals surface area contributed by atoms with Gasteiger partial charge in [-0.1, -0.05) is 72.8 Å². The number of hydrogen-bond donors (Lipinski definition) is 0. The van der Waals surface area contributed by atoms with Crippen LogP contribution < -0.4 is 4.90 Å². The Labute approximate surface area is 213 Å². The second kappa shape index (κ2) is 10.8. The molecule has 0 amide bonds. The molecule has 5 nitrogen and oxygen atoms in total. The third-order valence-electron chi connectivity index (χ3n) is 7.07. The summed E-state index contributed by atoms with van der Waals surface area (Å²) in [5.74, 6) is 1.09. The van der Waals surface area contributed by atoms with E-state index in [-0.39, 0.29) is 11.9 Å². The molecule has 0 radical (unpaired) electrons. The molecule has 1 unspecified atom stereocenters. The predicted molar refractivity (Wildman–Crippen MR) is 146 cm³/mol. The van der Waals surface area contributed by atoms with E-state index < -0.39 is 0 Å². The highest BCUT2D eigenvalue weighted by Crippen LogP contribution is 2.41. The van der Waals surface area contributed by atoms with Crippen LogP contribution >= 0.6 is 0 Å². The molecule has 0 aliphatic carbocycles. The summed E-state index contributed by atoms with van der Waals surface area (Å²) in [6.07, 6.45) is 0.851. The number of hydrogen-bond acceptors (Lipinski definition) is 5. The molecule has 184 valence electrons. The smallest absolute Gasteiger partial charge is 0.302 e. The van der Waals surface area contributed by atoms with Gasteiger partial charge in [-0.25, -0.2) is 4.99 Å². The van der Waals surface area contributed by atoms with Crippen molar-refractivity contribution in [3.63, 3.8) is 0 Å². The second-order valence-electron chi connectivity index (χ2n) is 9.48. The van der Waals surface area contributed by atoms with E-state index in [1.54, 1.807) is 0 Å². The Kier molecular flexibility index (Phi) is 7.17. The summed E-state index contributed by atoms with van der Waals surface area (Å²) in [7, 11) is 0. The number of benzene rings is 3. The van der Waals surface area contributed by atoms with Crippen LogP contribution in [0.2, 0.25) is 0 Å². The van der Waals surface area contributed by atoms with Crippen molar-refractivity contribution in [2.75, 3.05) is 31.1 Å². The number of carbonyl (C=O) groups is 1. The van der Waals surface area contributed by atoms with Gasteiger partial charge < -0.3 is 14.5 Å². The van der Waals surface area contributed by atoms with Gasteiger partial charge in [0.2, 0.25) is 0 Å². The van der Waals surface area contributed by atoms with Crippen LogP contribution in [0.15, 0.2) is 95.6 Å². The first kappa shape index (κ1) is 23.9. The van der Waals surface area contributed by atoms with Crippen LogP contribution in [0, 0.1) is 0 Å². The van der Waals surface area contributed by atoms with E-state index in [2.05, 4.69) is 95.6 Å². The van der Waals surface area contributed by atoms with Gasteiger partial charge in [0.15, 0.2) is 0 Å². The van der Waals surface area contributed by atoms with Crippen molar-refractivity contribution in [3.05, 3.63) is 107 Å². The number of amidine groups is 1. The average Bonchev–Trinajstić information content (AvgIpc) is 2.93. The van der Waals surface area contributed by atoms with Gasteiger partial charge in [0.05, 0.1) is 0 Å². The van der Waals surface area contributed by atoms with Gasteiger partial charge in [0.1, 0.15) is 12.4 Å². The highest BCUT2D eigenvalue weighted by Gasteiger charge is 2.30. The Morgan fingerprint density at radius 2 is 1.56 bits per heavy atom. The minimum Gasteiger partial charge on any atom is -0.461 e. The lowest BCUT2D eigenvalue weighted by molar-refractivity contribution is -0.142. The summed E-state index contributed by atoms with van der Waals surface area (Å²) in [6.45, 7) is 7.77. The van der Waals surface area contributed by atoms with Crippen LogP contribution in [0.1, 0.15) is 42.9 Å². The third kappa shape index (κ3) is 5.35. The molecule has 3 aromatic rings. The quantitative estimate of drug-likeness (QED) is 0.428. The summed E-state index contributed by atoms with van der Waals surface area (Å²) in [4.78, 5) is 21.4. The molecule has 36 heavy (non-hydrogen) atoms. The van der Waals surface area contributed by atoms with Gasteiger partial charge >= 0.3 is 5.97 Å².